The second-order valence-electron chi connectivity index (χ2n) is 2.37. The first-order chi connectivity index (χ1) is 6.41. The van der Waals surface area contributed by atoms with Gasteiger partial charge >= 0.3 is 6.18 Å². The molecular formula is C8H5F5S. The lowest BCUT2D eigenvalue weighted by Crippen LogP contribution is -2.06. The molecule has 0 spiro atoms. The molecule has 0 heterocycles. The van der Waals surface area contributed by atoms with Gasteiger partial charge in [-0.1, -0.05) is 23.9 Å². The van der Waals surface area contributed by atoms with Crippen LogP contribution in [0.15, 0.2) is 29.2 Å². The normalized spacial score (nSPS) is 12.1. The monoisotopic (exact) mass is 228 g/mol. The largest absolute Gasteiger partial charge is 0.417 e. The molecule has 0 aliphatic heterocycles. The van der Waals surface area contributed by atoms with E-state index in [1.54, 1.807) is 0 Å². The van der Waals surface area contributed by atoms with Crippen LogP contribution in [0, 0.1) is 0 Å². The number of alkyl halides is 5. The van der Waals surface area contributed by atoms with Gasteiger partial charge < -0.3 is 0 Å². The van der Waals surface area contributed by atoms with Crippen molar-refractivity contribution in [2.75, 3.05) is 0 Å². The minimum atomic E-state index is -4.58. The van der Waals surface area contributed by atoms with Crippen molar-refractivity contribution in [1.82, 2.24) is 0 Å². The fraction of sp³-hybridized carbons (Fsp3) is 0.250. The lowest BCUT2D eigenvalue weighted by atomic mass is 10.2. The van der Waals surface area contributed by atoms with Crippen molar-refractivity contribution >= 4 is 11.8 Å². The molecule has 0 amide bonds. The Morgan fingerprint density at radius 2 is 1.64 bits per heavy atom. The fourth-order valence-electron chi connectivity index (χ4n) is 0.900. The third-order valence-electron chi connectivity index (χ3n) is 1.41. The van der Waals surface area contributed by atoms with Crippen LogP contribution in [0.3, 0.4) is 0 Å². The van der Waals surface area contributed by atoms with Gasteiger partial charge in [-0.2, -0.15) is 22.0 Å². The summed E-state index contributed by atoms with van der Waals surface area (Å²) >= 11 is -0.101. The van der Waals surface area contributed by atoms with Crippen molar-refractivity contribution in [3.8, 4) is 0 Å². The molecular weight excluding hydrogens is 223 g/mol. The summed E-state index contributed by atoms with van der Waals surface area (Å²) in [6.45, 7) is 0. The molecule has 0 bridgehead atoms. The topological polar surface area (TPSA) is 0 Å². The van der Waals surface area contributed by atoms with Crippen molar-refractivity contribution in [2.45, 2.75) is 16.8 Å². The van der Waals surface area contributed by atoms with Crippen molar-refractivity contribution in [1.29, 1.82) is 0 Å². The number of halogens is 5. The molecule has 14 heavy (non-hydrogen) atoms. The van der Waals surface area contributed by atoms with E-state index >= 15 is 0 Å². The Morgan fingerprint density at radius 1 is 1.07 bits per heavy atom. The Balaban J connectivity index is 3.04. The number of thioether (sulfide) groups is 1. The molecule has 1 aromatic carbocycles. The van der Waals surface area contributed by atoms with Crippen molar-refractivity contribution in [3.05, 3.63) is 29.8 Å². The van der Waals surface area contributed by atoms with Crippen LogP contribution in [0.5, 0.6) is 0 Å². The molecule has 0 nitrogen and oxygen atoms in total. The fourth-order valence-corrected chi connectivity index (χ4v) is 1.56. The first-order valence-corrected chi connectivity index (χ1v) is 4.40. The first kappa shape index (κ1) is 11.3. The maximum atomic E-state index is 12.2. The van der Waals surface area contributed by atoms with Crippen LogP contribution in [0.25, 0.3) is 0 Å². The second kappa shape index (κ2) is 4.16. The van der Waals surface area contributed by atoms with E-state index in [1.165, 1.54) is 12.1 Å². The van der Waals surface area contributed by atoms with Gasteiger partial charge in [0.25, 0.3) is 5.76 Å². The molecule has 6 heteroatoms. The Labute approximate surface area is 81.1 Å². The molecule has 0 aliphatic carbocycles. The molecule has 0 radical (unpaired) electrons. The molecule has 0 atom stereocenters. The SMILES string of the molecule is FC(F)Sc1ccccc1C(F)(F)F. The summed E-state index contributed by atoms with van der Waals surface area (Å²) < 4.78 is 60.5. The van der Waals surface area contributed by atoms with Crippen molar-refractivity contribution in [3.63, 3.8) is 0 Å². The number of benzene rings is 1. The van der Waals surface area contributed by atoms with Gasteiger partial charge in [0.05, 0.1) is 5.56 Å². The van der Waals surface area contributed by atoms with E-state index < -0.39 is 22.4 Å². The number of rotatable bonds is 2. The summed E-state index contributed by atoms with van der Waals surface area (Å²) in [4.78, 5) is -0.449. The summed E-state index contributed by atoms with van der Waals surface area (Å²) in [5.74, 6) is -2.85. The Morgan fingerprint density at radius 3 is 2.14 bits per heavy atom. The second-order valence-corrected chi connectivity index (χ2v) is 3.40. The predicted molar refractivity (Wildman–Crippen MR) is 43.3 cm³/mol. The first-order valence-electron chi connectivity index (χ1n) is 3.52. The molecule has 0 fully saturated rings. The van der Waals surface area contributed by atoms with Gasteiger partial charge in [0.15, 0.2) is 0 Å². The van der Waals surface area contributed by atoms with Crippen LogP contribution in [-0.2, 0) is 6.18 Å². The van der Waals surface area contributed by atoms with Crippen LogP contribution in [0.1, 0.15) is 5.56 Å². The van der Waals surface area contributed by atoms with E-state index in [2.05, 4.69) is 0 Å². The smallest absolute Gasteiger partial charge is 0.198 e. The summed E-state index contributed by atoms with van der Waals surface area (Å²) in [6.07, 6.45) is -4.58. The molecule has 0 N–H and O–H groups in total. The minimum absolute atomic E-state index is 0.101. The average molecular weight is 228 g/mol. The highest BCUT2D eigenvalue weighted by atomic mass is 32.2. The molecule has 0 unspecified atom stereocenters. The maximum absolute atomic E-state index is 12.2. The highest BCUT2D eigenvalue weighted by Gasteiger charge is 2.33. The molecule has 78 valence electrons. The lowest BCUT2D eigenvalue weighted by molar-refractivity contribution is -0.139. The van der Waals surface area contributed by atoms with Gasteiger partial charge in [0, 0.05) is 4.90 Å². The van der Waals surface area contributed by atoms with Crippen molar-refractivity contribution < 1.29 is 22.0 Å². The molecule has 0 saturated heterocycles. The van der Waals surface area contributed by atoms with Crippen LogP contribution >= 0.6 is 11.8 Å². The Bertz CT molecular complexity index is 307. The van der Waals surface area contributed by atoms with Crippen LogP contribution in [0.2, 0.25) is 0 Å². The summed E-state index contributed by atoms with van der Waals surface area (Å²) in [5, 5.41) is 0. The highest BCUT2D eigenvalue weighted by molar-refractivity contribution is 7.99. The highest BCUT2D eigenvalue weighted by Crippen LogP contribution is 2.38. The van der Waals surface area contributed by atoms with Crippen LogP contribution < -0.4 is 0 Å². The third-order valence-corrected chi connectivity index (χ3v) is 2.20. The summed E-state index contributed by atoms with van der Waals surface area (Å²) in [7, 11) is 0. The molecule has 1 rings (SSSR count). The lowest BCUT2D eigenvalue weighted by Gasteiger charge is -2.11. The standard InChI is InChI=1S/C8H5F5S/c9-7(10)14-6-4-2-1-3-5(6)8(11,12)13/h1-4,7H. The van der Waals surface area contributed by atoms with E-state index in [1.807, 2.05) is 0 Å². The summed E-state index contributed by atoms with van der Waals surface area (Å²) in [6, 6.07) is 4.27. The van der Waals surface area contributed by atoms with Gasteiger partial charge in [0.2, 0.25) is 0 Å². The van der Waals surface area contributed by atoms with Gasteiger partial charge in [0.1, 0.15) is 0 Å². The zero-order chi connectivity index (χ0) is 10.8. The molecule has 0 aromatic heterocycles. The molecule has 1 aromatic rings. The van der Waals surface area contributed by atoms with E-state index in [4.69, 9.17) is 0 Å². The van der Waals surface area contributed by atoms with Crippen LogP contribution in [0.4, 0.5) is 22.0 Å². The summed E-state index contributed by atoms with van der Waals surface area (Å²) in [5.41, 5.74) is -1.02. The van der Waals surface area contributed by atoms with Gasteiger partial charge in [-0.3, -0.25) is 0 Å². The number of hydrogen-bond acceptors (Lipinski definition) is 1. The molecule has 0 saturated carbocycles. The minimum Gasteiger partial charge on any atom is -0.198 e. The van der Waals surface area contributed by atoms with E-state index in [0.29, 0.717) is 0 Å². The van der Waals surface area contributed by atoms with E-state index in [9.17, 15) is 22.0 Å². The van der Waals surface area contributed by atoms with Gasteiger partial charge in [-0.05, 0) is 12.1 Å². The average Bonchev–Trinajstić information content (AvgIpc) is 2.01. The quantitative estimate of drug-likeness (QED) is 0.544. The van der Waals surface area contributed by atoms with Crippen molar-refractivity contribution in [2.24, 2.45) is 0 Å². The predicted octanol–water partition coefficient (Wildman–Crippen LogP) is 4.02. The van der Waals surface area contributed by atoms with E-state index in [0.717, 1.165) is 12.1 Å². The Kier molecular flexibility index (Phi) is 3.36. The zero-order valence-corrected chi connectivity index (χ0v) is 7.50. The van der Waals surface area contributed by atoms with Gasteiger partial charge in [-0.15, -0.1) is 0 Å². The Hall–Kier alpha value is -0.780. The zero-order valence-electron chi connectivity index (χ0n) is 6.68. The van der Waals surface area contributed by atoms with Gasteiger partial charge in [-0.25, -0.2) is 0 Å². The molecule has 0 aliphatic rings. The van der Waals surface area contributed by atoms with Crippen LogP contribution in [-0.4, -0.2) is 5.76 Å². The van der Waals surface area contributed by atoms with E-state index in [-0.39, 0.29) is 11.8 Å². The number of hydrogen-bond donors (Lipinski definition) is 0. The third kappa shape index (κ3) is 2.87. The maximum Gasteiger partial charge on any atom is 0.417 e.